The van der Waals surface area contributed by atoms with E-state index >= 15 is 0 Å². The molecule has 0 aliphatic carbocycles. The molecule has 3 heteroatoms. The predicted octanol–water partition coefficient (Wildman–Crippen LogP) is 3.53. The number of hydrogen-bond donors (Lipinski definition) is 1. The monoisotopic (exact) mass is 248 g/mol. The maximum absolute atomic E-state index is 10.4. The van der Waals surface area contributed by atoms with Crippen LogP contribution in [0.3, 0.4) is 0 Å². The van der Waals surface area contributed by atoms with Crippen LogP contribution in [0, 0.1) is 0 Å². The fraction of sp³-hybridized carbons (Fsp3) is 0.400. The fourth-order valence-electron chi connectivity index (χ4n) is 1.86. The first-order valence-electron chi connectivity index (χ1n) is 6.23. The molecule has 0 spiro atoms. The minimum Gasteiger partial charge on any atom is -0.496 e. The van der Waals surface area contributed by atoms with Gasteiger partial charge in [0.2, 0.25) is 0 Å². The third-order valence-electron chi connectivity index (χ3n) is 2.71. The Morgan fingerprint density at radius 2 is 2.22 bits per heavy atom. The third kappa shape index (κ3) is 4.24. The Balaban J connectivity index is 2.83. The highest BCUT2D eigenvalue weighted by Crippen LogP contribution is 2.25. The van der Waals surface area contributed by atoms with Crippen molar-refractivity contribution in [2.75, 3.05) is 7.11 Å². The lowest BCUT2D eigenvalue weighted by molar-refractivity contribution is -0.136. The summed E-state index contributed by atoms with van der Waals surface area (Å²) in [7, 11) is 1.67. The summed E-state index contributed by atoms with van der Waals surface area (Å²) in [5.74, 6) is 0.135. The molecule has 0 fully saturated rings. The maximum atomic E-state index is 10.4. The van der Waals surface area contributed by atoms with Crippen molar-refractivity contribution in [3.63, 3.8) is 0 Å². The quantitative estimate of drug-likeness (QED) is 0.803. The molecule has 0 amide bonds. The van der Waals surface area contributed by atoms with Crippen LogP contribution in [0.5, 0.6) is 5.75 Å². The number of benzene rings is 1. The molecule has 0 saturated heterocycles. The molecule has 0 heterocycles. The van der Waals surface area contributed by atoms with E-state index in [-0.39, 0.29) is 6.42 Å². The zero-order valence-electron chi connectivity index (χ0n) is 11.0. The minimum absolute atomic E-state index is 0.170. The van der Waals surface area contributed by atoms with Crippen LogP contribution in [0.25, 0.3) is 6.08 Å². The summed E-state index contributed by atoms with van der Waals surface area (Å²) in [6, 6.07) is 5.94. The van der Waals surface area contributed by atoms with Gasteiger partial charge in [0.15, 0.2) is 0 Å². The van der Waals surface area contributed by atoms with Crippen LogP contribution in [-0.4, -0.2) is 18.2 Å². The van der Waals surface area contributed by atoms with Crippen molar-refractivity contribution in [2.45, 2.75) is 32.6 Å². The van der Waals surface area contributed by atoms with Gasteiger partial charge >= 0.3 is 5.97 Å². The molecule has 0 atom stereocenters. The van der Waals surface area contributed by atoms with E-state index < -0.39 is 5.97 Å². The number of aliphatic carboxylic acids is 1. The van der Waals surface area contributed by atoms with Gasteiger partial charge in [0.1, 0.15) is 5.75 Å². The Morgan fingerprint density at radius 1 is 1.44 bits per heavy atom. The molecular weight excluding hydrogens is 228 g/mol. The molecule has 0 bridgehead atoms. The second-order valence-corrected chi connectivity index (χ2v) is 4.11. The number of carboxylic acid groups (broad SMARTS) is 1. The first kappa shape index (κ1) is 14.3. The SMILES string of the molecule is CCCc1c(/C=C\CCC(=O)O)cccc1OC. The molecule has 1 aromatic carbocycles. The van der Waals surface area contributed by atoms with E-state index in [2.05, 4.69) is 6.92 Å². The molecule has 18 heavy (non-hydrogen) atoms. The van der Waals surface area contributed by atoms with Crippen LogP contribution in [0.1, 0.15) is 37.3 Å². The second-order valence-electron chi connectivity index (χ2n) is 4.11. The first-order chi connectivity index (χ1) is 8.69. The zero-order valence-corrected chi connectivity index (χ0v) is 11.0. The molecule has 0 saturated carbocycles. The van der Waals surface area contributed by atoms with Crippen LogP contribution in [0.2, 0.25) is 0 Å². The van der Waals surface area contributed by atoms with Crippen molar-refractivity contribution in [1.29, 1.82) is 0 Å². The molecule has 0 unspecified atom stereocenters. The van der Waals surface area contributed by atoms with E-state index in [1.54, 1.807) is 7.11 Å². The summed E-state index contributed by atoms with van der Waals surface area (Å²) in [6.45, 7) is 2.13. The van der Waals surface area contributed by atoms with Gasteiger partial charge in [-0.25, -0.2) is 0 Å². The average molecular weight is 248 g/mol. The third-order valence-corrected chi connectivity index (χ3v) is 2.71. The van der Waals surface area contributed by atoms with E-state index in [1.807, 2.05) is 30.4 Å². The summed E-state index contributed by atoms with van der Waals surface area (Å²) in [5.41, 5.74) is 2.30. The van der Waals surface area contributed by atoms with Crippen LogP contribution >= 0.6 is 0 Å². The van der Waals surface area contributed by atoms with E-state index in [0.717, 1.165) is 24.2 Å². The lowest BCUT2D eigenvalue weighted by Crippen LogP contribution is -1.95. The van der Waals surface area contributed by atoms with Gasteiger partial charge in [-0.3, -0.25) is 4.79 Å². The van der Waals surface area contributed by atoms with Crippen molar-refractivity contribution in [2.24, 2.45) is 0 Å². The van der Waals surface area contributed by atoms with Crippen LogP contribution < -0.4 is 4.74 Å². The molecule has 0 aliphatic heterocycles. The number of methoxy groups -OCH3 is 1. The maximum Gasteiger partial charge on any atom is 0.303 e. The molecule has 0 radical (unpaired) electrons. The average Bonchev–Trinajstić information content (AvgIpc) is 2.36. The zero-order chi connectivity index (χ0) is 13.4. The number of ether oxygens (including phenoxy) is 1. The number of carboxylic acids is 1. The molecule has 0 aliphatic rings. The standard InChI is InChI=1S/C15H20O3/c1-3-7-13-12(8-4-5-11-15(16)17)9-6-10-14(13)18-2/h4,6,8-10H,3,5,7,11H2,1-2H3,(H,16,17)/b8-4-. The van der Waals surface area contributed by atoms with Gasteiger partial charge in [-0.2, -0.15) is 0 Å². The Labute approximate surface area is 108 Å². The number of rotatable bonds is 7. The summed E-state index contributed by atoms with van der Waals surface area (Å²) in [4.78, 5) is 10.4. The molecule has 3 nitrogen and oxygen atoms in total. The number of allylic oxidation sites excluding steroid dienone is 1. The summed E-state index contributed by atoms with van der Waals surface area (Å²) in [6.07, 6.45) is 6.62. The molecular formula is C15H20O3. The van der Waals surface area contributed by atoms with Crippen LogP contribution in [-0.2, 0) is 11.2 Å². The van der Waals surface area contributed by atoms with Crippen molar-refractivity contribution >= 4 is 12.0 Å². The van der Waals surface area contributed by atoms with E-state index in [1.165, 1.54) is 5.56 Å². The number of carbonyl (C=O) groups is 1. The van der Waals surface area contributed by atoms with Crippen molar-refractivity contribution in [3.8, 4) is 5.75 Å². The van der Waals surface area contributed by atoms with Crippen LogP contribution in [0.4, 0.5) is 0 Å². The lowest BCUT2D eigenvalue weighted by Gasteiger charge is -2.10. The Bertz CT molecular complexity index is 422. The topological polar surface area (TPSA) is 46.5 Å². The molecule has 1 N–H and O–H groups in total. The Kier molecular flexibility index (Phi) is 5.98. The van der Waals surface area contributed by atoms with Gasteiger partial charge in [0.25, 0.3) is 0 Å². The van der Waals surface area contributed by atoms with Gasteiger partial charge in [0, 0.05) is 12.0 Å². The summed E-state index contributed by atoms with van der Waals surface area (Å²) >= 11 is 0. The molecule has 98 valence electrons. The summed E-state index contributed by atoms with van der Waals surface area (Å²) in [5, 5.41) is 8.58. The fourth-order valence-corrected chi connectivity index (χ4v) is 1.86. The van der Waals surface area contributed by atoms with Crippen molar-refractivity contribution < 1.29 is 14.6 Å². The van der Waals surface area contributed by atoms with Gasteiger partial charge in [-0.05, 0) is 24.5 Å². The Hall–Kier alpha value is -1.77. The normalized spacial score (nSPS) is 10.8. The second kappa shape index (κ2) is 7.54. The highest BCUT2D eigenvalue weighted by molar-refractivity contribution is 5.67. The van der Waals surface area contributed by atoms with Gasteiger partial charge in [0.05, 0.1) is 7.11 Å². The highest BCUT2D eigenvalue weighted by Gasteiger charge is 2.05. The van der Waals surface area contributed by atoms with Gasteiger partial charge < -0.3 is 9.84 Å². The molecule has 0 aromatic heterocycles. The van der Waals surface area contributed by atoms with E-state index in [0.29, 0.717) is 6.42 Å². The van der Waals surface area contributed by atoms with Crippen molar-refractivity contribution in [1.82, 2.24) is 0 Å². The number of hydrogen-bond acceptors (Lipinski definition) is 2. The Morgan fingerprint density at radius 3 is 2.83 bits per heavy atom. The van der Waals surface area contributed by atoms with Crippen LogP contribution in [0.15, 0.2) is 24.3 Å². The largest absolute Gasteiger partial charge is 0.496 e. The molecule has 1 rings (SSSR count). The van der Waals surface area contributed by atoms with E-state index in [4.69, 9.17) is 9.84 Å². The van der Waals surface area contributed by atoms with Gasteiger partial charge in [-0.1, -0.05) is 37.6 Å². The highest BCUT2D eigenvalue weighted by atomic mass is 16.5. The van der Waals surface area contributed by atoms with E-state index in [9.17, 15) is 4.79 Å². The molecule has 1 aromatic rings. The summed E-state index contributed by atoms with van der Waals surface area (Å²) < 4.78 is 5.36. The minimum atomic E-state index is -0.765. The van der Waals surface area contributed by atoms with Gasteiger partial charge in [-0.15, -0.1) is 0 Å². The lowest BCUT2D eigenvalue weighted by atomic mass is 10.0. The smallest absolute Gasteiger partial charge is 0.303 e. The van der Waals surface area contributed by atoms with Crippen molar-refractivity contribution in [3.05, 3.63) is 35.4 Å². The predicted molar refractivity (Wildman–Crippen MR) is 72.9 cm³/mol. The first-order valence-corrected chi connectivity index (χ1v) is 6.23.